The standard InChI is InChI=1S/C17H23N3O2S/c1-12-8-20(9-13(2)22-12)11-17(21)19(3)10-16-18-14-6-4-5-7-15(14)23-16/h4-7,12-13H,8-11H2,1-3H3/p+1/t12-,13-/m0/s1. The Morgan fingerprint density at radius 2 is 2.04 bits per heavy atom. The fourth-order valence-corrected chi connectivity index (χ4v) is 4.18. The Morgan fingerprint density at radius 3 is 2.74 bits per heavy atom. The second-order valence-corrected chi connectivity index (χ2v) is 7.53. The molecule has 1 aromatic carbocycles. The van der Waals surface area contributed by atoms with Crippen molar-refractivity contribution in [3.8, 4) is 0 Å². The van der Waals surface area contributed by atoms with Crippen LogP contribution in [0, 0.1) is 0 Å². The number of likely N-dealkylation sites (N-methyl/N-ethyl adjacent to an activating group) is 1. The van der Waals surface area contributed by atoms with Crippen LogP contribution in [0.5, 0.6) is 0 Å². The van der Waals surface area contributed by atoms with Crippen molar-refractivity contribution in [2.75, 3.05) is 26.7 Å². The van der Waals surface area contributed by atoms with Crippen LogP contribution in [0.4, 0.5) is 0 Å². The van der Waals surface area contributed by atoms with Crippen LogP contribution in [0.1, 0.15) is 18.9 Å². The van der Waals surface area contributed by atoms with Gasteiger partial charge in [-0.2, -0.15) is 0 Å². The number of thiazole rings is 1. The third-order valence-corrected chi connectivity index (χ3v) is 5.18. The molecule has 2 aromatic rings. The number of nitrogens with one attached hydrogen (secondary N) is 1. The summed E-state index contributed by atoms with van der Waals surface area (Å²) in [5.41, 5.74) is 1.01. The molecular weight excluding hydrogens is 310 g/mol. The Bertz CT molecular complexity index is 644. The van der Waals surface area contributed by atoms with E-state index in [0.717, 1.165) is 23.6 Å². The summed E-state index contributed by atoms with van der Waals surface area (Å²) in [6.45, 7) is 7.04. The van der Waals surface area contributed by atoms with E-state index < -0.39 is 0 Å². The highest BCUT2D eigenvalue weighted by Gasteiger charge is 2.28. The lowest BCUT2D eigenvalue weighted by Crippen LogP contribution is -3.16. The number of aromatic nitrogens is 1. The van der Waals surface area contributed by atoms with Crippen LogP contribution in [0.2, 0.25) is 0 Å². The van der Waals surface area contributed by atoms with Crippen molar-refractivity contribution in [3.05, 3.63) is 29.3 Å². The van der Waals surface area contributed by atoms with Gasteiger partial charge in [0.15, 0.2) is 6.54 Å². The summed E-state index contributed by atoms with van der Waals surface area (Å²) in [5.74, 6) is 0.167. The lowest BCUT2D eigenvalue weighted by Gasteiger charge is -2.32. The zero-order valence-corrected chi connectivity index (χ0v) is 14.7. The van der Waals surface area contributed by atoms with Gasteiger partial charge in [0.25, 0.3) is 5.91 Å². The number of fused-ring (bicyclic) bond motifs is 1. The number of carbonyl (C=O) groups is 1. The van der Waals surface area contributed by atoms with Gasteiger partial charge < -0.3 is 14.5 Å². The minimum Gasteiger partial charge on any atom is -0.364 e. The van der Waals surface area contributed by atoms with E-state index >= 15 is 0 Å². The van der Waals surface area contributed by atoms with Gasteiger partial charge in [0, 0.05) is 7.05 Å². The summed E-state index contributed by atoms with van der Waals surface area (Å²) < 4.78 is 6.90. The summed E-state index contributed by atoms with van der Waals surface area (Å²) in [6.07, 6.45) is 0.437. The van der Waals surface area contributed by atoms with Crippen molar-refractivity contribution < 1.29 is 14.4 Å². The van der Waals surface area contributed by atoms with Gasteiger partial charge in [-0.25, -0.2) is 4.98 Å². The highest BCUT2D eigenvalue weighted by atomic mass is 32.1. The lowest BCUT2D eigenvalue weighted by atomic mass is 10.2. The number of hydrogen-bond donors (Lipinski definition) is 1. The molecule has 0 bridgehead atoms. The predicted octanol–water partition coefficient (Wildman–Crippen LogP) is 0.947. The van der Waals surface area contributed by atoms with Gasteiger partial charge in [-0.05, 0) is 26.0 Å². The largest absolute Gasteiger partial charge is 0.364 e. The average Bonchev–Trinajstić information content (AvgIpc) is 2.88. The number of quaternary nitrogens is 1. The molecule has 1 aliphatic heterocycles. The average molecular weight is 334 g/mol. The number of ether oxygens (including phenoxy) is 1. The number of rotatable bonds is 4. The van der Waals surface area contributed by atoms with Gasteiger partial charge in [-0.1, -0.05) is 12.1 Å². The monoisotopic (exact) mass is 334 g/mol. The Balaban J connectivity index is 1.58. The molecule has 5 nitrogen and oxygen atoms in total. The molecule has 1 N–H and O–H groups in total. The maximum atomic E-state index is 12.5. The molecule has 1 saturated heterocycles. The number of hydrogen-bond acceptors (Lipinski definition) is 4. The molecule has 23 heavy (non-hydrogen) atoms. The number of morpholine rings is 1. The van der Waals surface area contributed by atoms with Gasteiger partial charge in [0.05, 0.1) is 16.8 Å². The molecule has 0 radical (unpaired) electrons. The highest BCUT2D eigenvalue weighted by Crippen LogP contribution is 2.22. The zero-order valence-electron chi connectivity index (χ0n) is 13.9. The fraction of sp³-hybridized carbons (Fsp3) is 0.529. The van der Waals surface area contributed by atoms with Crippen molar-refractivity contribution in [1.82, 2.24) is 9.88 Å². The third kappa shape index (κ3) is 4.07. The molecule has 0 aliphatic carbocycles. The second-order valence-electron chi connectivity index (χ2n) is 6.42. The smallest absolute Gasteiger partial charge is 0.277 e. The van der Waals surface area contributed by atoms with Crippen molar-refractivity contribution >= 4 is 27.5 Å². The predicted molar refractivity (Wildman–Crippen MR) is 91.7 cm³/mol. The first-order valence-corrected chi connectivity index (χ1v) is 8.90. The van der Waals surface area contributed by atoms with Crippen LogP contribution in [0.15, 0.2) is 24.3 Å². The number of benzene rings is 1. The van der Waals surface area contributed by atoms with Crippen LogP contribution in [0.25, 0.3) is 10.2 Å². The summed E-state index contributed by atoms with van der Waals surface area (Å²) in [6, 6.07) is 8.09. The zero-order chi connectivity index (χ0) is 16.4. The molecule has 1 aliphatic rings. The van der Waals surface area contributed by atoms with Gasteiger partial charge in [0.2, 0.25) is 0 Å². The van der Waals surface area contributed by atoms with Gasteiger partial charge in [0.1, 0.15) is 30.3 Å². The summed E-state index contributed by atoms with van der Waals surface area (Å²) in [5, 5.41) is 0.987. The third-order valence-electron chi connectivity index (χ3n) is 4.15. The van der Waals surface area contributed by atoms with Crippen molar-refractivity contribution in [3.63, 3.8) is 0 Å². The molecule has 1 amide bonds. The maximum Gasteiger partial charge on any atom is 0.277 e. The molecule has 2 heterocycles. The molecule has 1 fully saturated rings. The van der Waals surface area contributed by atoms with Crippen LogP contribution < -0.4 is 4.90 Å². The van der Waals surface area contributed by atoms with Crippen molar-refractivity contribution in [2.45, 2.75) is 32.6 Å². The molecule has 124 valence electrons. The van der Waals surface area contributed by atoms with Crippen molar-refractivity contribution in [2.24, 2.45) is 0 Å². The molecule has 2 atom stereocenters. The quantitative estimate of drug-likeness (QED) is 0.905. The van der Waals surface area contributed by atoms with Crippen LogP contribution >= 0.6 is 11.3 Å². The minimum absolute atomic E-state index is 0.167. The first kappa shape index (κ1) is 16.4. The molecule has 0 spiro atoms. The SMILES string of the molecule is C[C@H]1C[NH+](CC(=O)N(C)Cc2nc3ccccc3s2)C[C@H](C)O1. The van der Waals surface area contributed by atoms with Crippen molar-refractivity contribution in [1.29, 1.82) is 0 Å². The van der Waals surface area contributed by atoms with Crippen LogP contribution in [-0.2, 0) is 16.1 Å². The van der Waals surface area contributed by atoms with Gasteiger partial charge in [-0.3, -0.25) is 4.79 Å². The minimum atomic E-state index is 0.167. The Morgan fingerprint density at radius 1 is 1.35 bits per heavy atom. The van der Waals surface area contributed by atoms with E-state index in [0.29, 0.717) is 13.1 Å². The molecular formula is C17H24N3O2S+. The van der Waals surface area contributed by atoms with E-state index in [2.05, 4.69) is 24.9 Å². The Kier molecular flexibility index (Phi) is 4.94. The summed E-state index contributed by atoms with van der Waals surface area (Å²) in [4.78, 5) is 20.2. The number of nitrogens with zero attached hydrogens (tertiary/aromatic N) is 2. The number of amides is 1. The number of para-hydroxylation sites is 1. The van der Waals surface area contributed by atoms with Crippen LogP contribution in [0.3, 0.4) is 0 Å². The van der Waals surface area contributed by atoms with E-state index in [1.54, 1.807) is 16.2 Å². The lowest BCUT2D eigenvalue weighted by molar-refractivity contribution is -0.907. The molecule has 0 saturated carbocycles. The molecule has 1 aromatic heterocycles. The molecule has 6 heteroatoms. The second kappa shape index (κ2) is 6.95. The van der Waals surface area contributed by atoms with Gasteiger partial charge in [-0.15, -0.1) is 11.3 Å². The Labute approximate surface area is 140 Å². The number of carbonyl (C=O) groups excluding carboxylic acids is 1. The first-order chi connectivity index (χ1) is 11.0. The van der Waals surface area contributed by atoms with E-state index in [-0.39, 0.29) is 18.1 Å². The van der Waals surface area contributed by atoms with E-state index in [4.69, 9.17) is 4.74 Å². The van der Waals surface area contributed by atoms with E-state index in [1.165, 1.54) is 9.60 Å². The molecule has 0 unspecified atom stereocenters. The highest BCUT2D eigenvalue weighted by molar-refractivity contribution is 7.18. The van der Waals surface area contributed by atoms with E-state index in [1.807, 2.05) is 25.2 Å². The van der Waals surface area contributed by atoms with Gasteiger partial charge >= 0.3 is 0 Å². The first-order valence-electron chi connectivity index (χ1n) is 8.08. The maximum absolute atomic E-state index is 12.5. The van der Waals surface area contributed by atoms with E-state index in [9.17, 15) is 4.79 Å². The Hall–Kier alpha value is -1.50. The summed E-state index contributed by atoms with van der Waals surface area (Å²) in [7, 11) is 1.86. The fourth-order valence-electron chi connectivity index (χ4n) is 3.16. The molecule has 3 rings (SSSR count). The summed E-state index contributed by atoms with van der Waals surface area (Å²) >= 11 is 1.66. The topological polar surface area (TPSA) is 46.9 Å². The van der Waals surface area contributed by atoms with Crippen LogP contribution in [-0.4, -0.2) is 54.7 Å². The normalized spacial score (nSPS) is 24.7.